The Labute approximate surface area is 135 Å². The molecule has 5 aliphatic rings. The van der Waals surface area contributed by atoms with Gasteiger partial charge in [-0.1, -0.05) is 20.3 Å². The van der Waals surface area contributed by atoms with Crippen LogP contribution in [0.25, 0.3) is 0 Å². The van der Waals surface area contributed by atoms with Crippen molar-refractivity contribution >= 4 is 5.97 Å². The van der Waals surface area contributed by atoms with Crippen molar-refractivity contribution in [3.63, 3.8) is 0 Å². The van der Waals surface area contributed by atoms with Crippen LogP contribution in [-0.4, -0.2) is 12.1 Å². The number of esters is 1. The molecular formula is C20H32O2. The molecule has 3 atom stereocenters. The molecule has 1 unspecified atom stereocenters. The molecule has 5 saturated carbocycles. The summed E-state index contributed by atoms with van der Waals surface area (Å²) >= 11 is 0. The van der Waals surface area contributed by atoms with Gasteiger partial charge < -0.3 is 4.74 Å². The van der Waals surface area contributed by atoms with Crippen molar-refractivity contribution in [1.29, 1.82) is 0 Å². The fourth-order valence-corrected chi connectivity index (χ4v) is 6.72. The molecule has 0 aromatic carbocycles. The molecule has 22 heavy (non-hydrogen) atoms. The SMILES string of the molecule is CCC(OC(=O)C12CC3CC(CC(C3)C1)C2)[C@@H]1CC[C@H](C)C1. The minimum atomic E-state index is -0.0770. The van der Waals surface area contributed by atoms with Crippen molar-refractivity contribution in [2.45, 2.75) is 84.2 Å². The van der Waals surface area contributed by atoms with E-state index in [-0.39, 0.29) is 17.5 Å². The highest BCUT2D eigenvalue weighted by atomic mass is 16.5. The maximum absolute atomic E-state index is 13.1. The highest BCUT2D eigenvalue weighted by Crippen LogP contribution is 2.60. The number of hydrogen-bond donors (Lipinski definition) is 0. The second-order valence-electron chi connectivity index (χ2n) is 9.23. The Morgan fingerprint density at radius 1 is 1.05 bits per heavy atom. The molecule has 0 heterocycles. The lowest BCUT2D eigenvalue weighted by atomic mass is 9.49. The second kappa shape index (κ2) is 5.53. The van der Waals surface area contributed by atoms with Crippen LogP contribution in [0.4, 0.5) is 0 Å². The van der Waals surface area contributed by atoms with Crippen LogP contribution in [0.3, 0.4) is 0 Å². The van der Waals surface area contributed by atoms with E-state index in [0.717, 1.165) is 49.4 Å². The summed E-state index contributed by atoms with van der Waals surface area (Å²) in [6.45, 7) is 4.54. The highest BCUT2D eigenvalue weighted by molar-refractivity contribution is 5.77. The Kier molecular flexibility index (Phi) is 3.77. The highest BCUT2D eigenvalue weighted by Gasteiger charge is 2.56. The van der Waals surface area contributed by atoms with Crippen molar-refractivity contribution in [1.82, 2.24) is 0 Å². The number of carbonyl (C=O) groups is 1. The Morgan fingerprint density at radius 2 is 1.64 bits per heavy atom. The molecule has 0 aromatic rings. The second-order valence-corrected chi connectivity index (χ2v) is 9.23. The topological polar surface area (TPSA) is 26.3 Å². The van der Waals surface area contributed by atoms with Gasteiger partial charge in [0, 0.05) is 0 Å². The van der Waals surface area contributed by atoms with Crippen LogP contribution in [-0.2, 0) is 9.53 Å². The van der Waals surface area contributed by atoms with Crippen LogP contribution < -0.4 is 0 Å². The van der Waals surface area contributed by atoms with Gasteiger partial charge in [-0.15, -0.1) is 0 Å². The first-order valence-electron chi connectivity index (χ1n) is 9.79. The molecule has 4 bridgehead atoms. The molecule has 5 fully saturated rings. The molecule has 0 N–H and O–H groups in total. The molecule has 5 aliphatic carbocycles. The minimum absolute atomic E-state index is 0.0770. The summed E-state index contributed by atoms with van der Waals surface area (Å²) in [5, 5.41) is 0. The summed E-state index contributed by atoms with van der Waals surface area (Å²) in [5.74, 6) is 4.11. The Balaban J connectivity index is 1.45. The zero-order valence-electron chi connectivity index (χ0n) is 14.4. The zero-order chi connectivity index (χ0) is 15.3. The van der Waals surface area contributed by atoms with Crippen molar-refractivity contribution in [2.75, 3.05) is 0 Å². The Morgan fingerprint density at radius 3 is 2.09 bits per heavy atom. The summed E-state index contributed by atoms with van der Waals surface area (Å²) in [6.07, 6.45) is 12.6. The van der Waals surface area contributed by atoms with Crippen LogP contribution in [0.5, 0.6) is 0 Å². The standard InChI is InChI=1S/C20H32O2/c1-3-18(17-5-4-13(2)6-17)22-19(21)20-10-14-7-15(11-20)9-16(8-14)12-20/h13-18H,3-12H2,1-2H3/t13-,14?,15?,16?,17+,18?,20?/m0/s1. The van der Waals surface area contributed by atoms with Crippen LogP contribution in [0, 0.1) is 35.0 Å². The third-order valence-electron chi connectivity index (χ3n) is 7.39. The monoisotopic (exact) mass is 304 g/mol. The normalized spacial score (nSPS) is 47.6. The molecule has 0 amide bonds. The van der Waals surface area contributed by atoms with Crippen molar-refractivity contribution < 1.29 is 9.53 Å². The first-order chi connectivity index (χ1) is 10.6. The summed E-state index contributed by atoms with van der Waals surface area (Å²) in [7, 11) is 0. The minimum Gasteiger partial charge on any atom is -0.462 e. The van der Waals surface area contributed by atoms with E-state index >= 15 is 0 Å². The van der Waals surface area contributed by atoms with Crippen molar-refractivity contribution in [3.05, 3.63) is 0 Å². The first kappa shape index (κ1) is 15.0. The van der Waals surface area contributed by atoms with Gasteiger partial charge in [-0.05, 0) is 87.4 Å². The number of hydrogen-bond acceptors (Lipinski definition) is 2. The van der Waals surface area contributed by atoms with E-state index in [9.17, 15) is 4.79 Å². The van der Waals surface area contributed by atoms with Gasteiger partial charge in [0.15, 0.2) is 0 Å². The van der Waals surface area contributed by atoms with E-state index in [4.69, 9.17) is 4.74 Å². The molecule has 0 radical (unpaired) electrons. The molecular weight excluding hydrogens is 272 g/mol. The van der Waals surface area contributed by atoms with Crippen LogP contribution in [0.2, 0.25) is 0 Å². The van der Waals surface area contributed by atoms with E-state index in [1.165, 1.54) is 38.5 Å². The van der Waals surface area contributed by atoms with Gasteiger partial charge in [0.2, 0.25) is 0 Å². The lowest BCUT2D eigenvalue weighted by Crippen LogP contribution is -2.51. The predicted octanol–water partition coefficient (Wildman–Crippen LogP) is 4.96. The molecule has 5 rings (SSSR count). The lowest BCUT2D eigenvalue weighted by Gasteiger charge is -2.55. The van der Waals surface area contributed by atoms with Gasteiger partial charge in [0.1, 0.15) is 6.10 Å². The van der Waals surface area contributed by atoms with E-state index in [2.05, 4.69) is 13.8 Å². The summed E-state index contributed by atoms with van der Waals surface area (Å²) in [5.41, 5.74) is -0.0770. The first-order valence-corrected chi connectivity index (χ1v) is 9.79. The van der Waals surface area contributed by atoms with E-state index in [0.29, 0.717) is 5.92 Å². The molecule has 124 valence electrons. The third kappa shape index (κ3) is 2.51. The van der Waals surface area contributed by atoms with Gasteiger partial charge in [0.25, 0.3) is 0 Å². The molecule has 0 aliphatic heterocycles. The molecule has 2 heteroatoms. The van der Waals surface area contributed by atoms with Gasteiger partial charge in [0.05, 0.1) is 5.41 Å². The van der Waals surface area contributed by atoms with Crippen molar-refractivity contribution in [3.8, 4) is 0 Å². The number of ether oxygens (including phenoxy) is 1. The van der Waals surface area contributed by atoms with Gasteiger partial charge in [-0.3, -0.25) is 4.79 Å². The van der Waals surface area contributed by atoms with Gasteiger partial charge in [-0.25, -0.2) is 0 Å². The average Bonchev–Trinajstić information content (AvgIpc) is 2.89. The zero-order valence-corrected chi connectivity index (χ0v) is 14.4. The molecule has 0 spiro atoms. The smallest absolute Gasteiger partial charge is 0.312 e. The quantitative estimate of drug-likeness (QED) is 0.686. The van der Waals surface area contributed by atoms with Crippen LogP contribution in [0.1, 0.15) is 78.1 Å². The fourth-order valence-electron chi connectivity index (χ4n) is 6.72. The maximum atomic E-state index is 13.1. The lowest BCUT2D eigenvalue weighted by molar-refractivity contribution is -0.179. The molecule has 2 nitrogen and oxygen atoms in total. The maximum Gasteiger partial charge on any atom is 0.312 e. The van der Waals surface area contributed by atoms with Gasteiger partial charge >= 0.3 is 5.97 Å². The van der Waals surface area contributed by atoms with Crippen LogP contribution in [0.15, 0.2) is 0 Å². The fraction of sp³-hybridized carbons (Fsp3) is 0.950. The number of carbonyl (C=O) groups excluding carboxylic acids is 1. The summed E-state index contributed by atoms with van der Waals surface area (Å²) in [6, 6.07) is 0. The Hall–Kier alpha value is -0.530. The predicted molar refractivity (Wildman–Crippen MR) is 87.3 cm³/mol. The molecule has 0 saturated heterocycles. The van der Waals surface area contributed by atoms with Crippen LogP contribution >= 0.6 is 0 Å². The largest absolute Gasteiger partial charge is 0.462 e. The molecule has 0 aromatic heterocycles. The van der Waals surface area contributed by atoms with E-state index < -0.39 is 0 Å². The summed E-state index contributed by atoms with van der Waals surface area (Å²) < 4.78 is 6.18. The summed E-state index contributed by atoms with van der Waals surface area (Å²) in [4.78, 5) is 13.1. The van der Waals surface area contributed by atoms with E-state index in [1.54, 1.807) is 0 Å². The van der Waals surface area contributed by atoms with Crippen molar-refractivity contribution in [2.24, 2.45) is 35.0 Å². The average molecular weight is 304 g/mol. The van der Waals surface area contributed by atoms with Gasteiger partial charge in [-0.2, -0.15) is 0 Å². The third-order valence-corrected chi connectivity index (χ3v) is 7.39. The number of rotatable bonds is 4. The van der Waals surface area contributed by atoms with E-state index in [1.807, 2.05) is 0 Å². The Bertz CT molecular complexity index is 406.